The molecule has 3 rings (SSSR count). The number of hydrogen-bond donors (Lipinski definition) is 1. The van der Waals surface area contributed by atoms with E-state index in [0.717, 1.165) is 10.5 Å². The number of carbonyl (C=O) groups is 6. The lowest BCUT2D eigenvalue weighted by molar-refractivity contribution is -0.166. The third kappa shape index (κ3) is 7.43. The number of esters is 2. The average molecular weight is 503 g/mol. The van der Waals surface area contributed by atoms with Crippen LogP contribution in [0.5, 0.6) is 0 Å². The number of rotatable bonds is 10. The number of hydrogen-bond acceptors (Lipinski definition) is 10. The first kappa shape index (κ1) is 27.0. The number of piperazine rings is 2. The standard InChI is InChI=1S/C24H30N4O8/c1-16(26-10-19(29)25-20(30)11-26)17(2)27-12-21(31)28(22(32)13-27)15-36-24(34)9-8-23(33)35-14-18-6-4-3-5-7-18/h3-7,16-17H,8-15H2,1-2H3,(H,25,29,30). The molecule has 194 valence electrons. The van der Waals surface area contributed by atoms with E-state index in [0.29, 0.717) is 0 Å². The fourth-order valence-electron chi connectivity index (χ4n) is 3.93. The van der Waals surface area contributed by atoms with Gasteiger partial charge in [-0.2, -0.15) is 0 Å². The molecule has 1 N–H and O–H groups in total. The molecule has 0 saturated carbocycles. The van der Waals surface area contributed by atoms with Gasteiger partial charge in [0.1, 0.15) is 6.61 Å². The predicted octanol–water partition coefficient (Wildman–Crippen LogP) is -0.583. The number of benzene rings is 1. The molecule has 2 aliphatic heterocycles. The van der Waals surface area contributed by atoms with Gasteiger partial charge in [0.15, 0.2) is 6.73 Å². The number of carbonyl (C=O) groups excluding carboxylic acids is 6. The van der Waals surface area contributed by atoms with Gasteiger partial charge >= 0.3 is 11.9 Å². The molecule has 2 saturated heterocycles. The molecule has 0 radical (unpaired) electrons. The van der Waals surface area contributed by atoms with Crippen molar-refractivity contribution in [2.45, 2.75) is 45.4 Å². The van der Waals surface area contributed by atoms with Gasteiger partial charge in [-0.1, -0.05) is 30.3 Å². The van der Waals surface area contributed by atoms with Crippen LogP contribution in [0.2, 0.25) is 0 Å². The van der Waals surface area contributed by atoms with Gasteiger partial charge in [0.05, 0.1) is 39.0 Å². The summed E-state index contributed by atoms with van der Waals surface area (Å²) < 4.78 is 10.1. The number of nitrogens with zero attached hydrogens (tertiary/aromatic N) is 3. The van der Waals surface area contributed by atoms with Gasteiger partial charge in [0.2, 0.25) is 23.6 Å². The topological polar surface area (TPSA) is 143 Å². The van der Waals surface area contributed by atoms with Gasteiger partial charge in [-0.15, -0.1) is 0 Å². The molecule has 12 nitrogen and oxygen atoms in total. The van der Waals surface area contributed by atoms with E-state index in [-0.39, 0.29) is 57.7 Å². The van der Waals surface area contributed by atoms with Crippen molar-refractivity contribution in [3.63, 3.8) is 0 Å². The lowest BCUT2D eigenvalue weighted by atomic mass is 10.1. The van der Waals surface area contributed by atoms with Gasteiger partial charge in [-0.3, -0.25) is 43.9 Å². The minimum absolute atomic E-state index is 0.0505. The van der Waals surface area contributed by atoms with Crippen molar-refractivity contribution < 1.29 is 38.2 Å². The molecule has 36 heavy (non-hydrogen) atoms. The minimum Gasteiger partial charge on any atom is -0.461 e. The molecular formula is C24H30N4O8. The fourth-order valence-corrected chi connectivity index (χ4v) is 3.93. The van der Waals surface area contributed by atoms with Gasteiger partial charge in [0, 0.05) is 12.1 Å². The molecule has 0 aliphatic carbocycles. The molecule has 2 fully saturated rings. The lowest BCUT2D eigenvalue weighted by Crippen LogP contribution is -2.62. The van der Waals surface area contributed by atoms with E-state index >= 15 is 0 Å². The zero-order chi connectivity index (χ0) is 26.2. The first-order valence-corrected chi connectivity index (χ1v) is 11.6. The lowest BCUT2D eigenvalue weighted by Gasteiger charge is -2.41. The highest BCUT2D eigenvalue weighted by Gasteiger charge is 2.38. The van der Waals surface area contributed by atoms with Crippen molar-refractivity contribution >= 4 is 35.6 Å². The third-order valence-electron chi connectivity index (χ3n) is 6.23. The second-order valence-electron chi connectivity index (χ2n) is 8.77. The SMILES string of the molecule is CC(C(C)N1CC(=O)N(COC(=O)CCC(=O)OCc2ccccc2)C(=O)C1)N1CC(=O)NC(=O)C1. The summed E-state index contributed by atoms with van der Waals surface area (Å²) in [5.41, 5.74) is 0.822. The maximum absolute atomic E-state index is 12.6. The Labute approximate surface area is 208 Å². The van der Waals surface area contributed by atoms with Crippen molar-refractivity contribution in [3.05, 3.63) is 35.9 Å². The molecule has 1 aromatic rings. The summed E-state index contributed by atoms with van der Waals surface area (Å²) in [6.45, 7) is 3.13. The maximum Gasteiger partial charge on any atom is 0.308 e. The summed E-state index contributed by atoms with van der Waals surface area (Å²) >= 11 is 0. The van der Waals surface area contributed by atoms with Crippen molar-refractivity contribution in [3.8, 4) is 0 Å². The monoisotopic (exact) mass is 502 g/mol. The van der Waals surface area contributed by atoms with E-state index in [4.69, 9.17) is 9.47 Å². The number of nitrogens with one attached hydrogen (secondary N) is 1. The fraction of sp³-hybridized carbons (Fsp3) is 0.500. The van der Waals surface area contributed by atoms with Crippen LogP contribution in [0.1, 0.15) is 32.3 Å². The highest BCUT2D eigenvalue weighted by atomic mass is 16.5. The number of imide groups is 2. The molecule has 2 heterocycles. The molecule has 1 aromatic carbocycles. The van der Waals surface area contributed by atoms with E-state index in [1.807, 2.05) is 44.2 Å². The van der Waals surface area contributed by atoms with E-state index in [9.17, 15) is 28.8 Å². The Morgan fingerprint density at radius 1 is 0.806 bits per heavy atom. The Hall–Kier alpha value is -3.64. The summed E-state index contributed by atoms with van der Waals surface area (Å²) in [5.74, 6) is -3.15. The van der Waals surface area contributed by atoms with Gasteiger partial charge in [-0.05, 0) is 19.4 Å². The quantitative estimate of drug-likeness (QED) is 0.326. The predicted molar refractivity (Wildman–Crippen MR) is 124 cm³/mol. The molecule has 0 aromatic heterocycles. The highest BCUT2D eigenvalue weighted by Crippen LogP contribution is 2.16. The first-order valence-electron chi connectivity index (χ1n) is 11.6. The number of ether oxygens (including phenoxy) is 2. The Kier molecular flexibility index (Phi) is 9.25. The van der Waals surface area contributed by atoms with Crippen LogP contribution in [-0.2, 0) is 44.8 Å². The zero-order valence-corrected chi connectivity index (χ0v) is 20.3. The summed E-state index contributed by atoms with van der Waals surface area (Å²) in [7, 11) is 0. The molecule has 0 spiro atoms. The summed E-state index contributed by atoms with van der Waals surface area (Å²) in [4.78, 5) is 76.6. The molecule has 2 unspecified atom stereocenters. The number of amides is 4. The normalized spacial score (nSPS) is 19.0. The van der Waals surface area contributed by atoms with Crippen LogP contribution in [0, 0.1) is 0 Å². The largest absolute Gasteiger partial charge is 0.461 e. The van der Waals surface area contributed by atoms with Crippen LogP contribution in [0.15, 0.2) is 30.3 Å². The van der Waals surface area contributed by atoms with Crippen molar-refractivity contribution in [2.24, 2.45) is 0 Å². The van der Waals surface area contributed by atoms with E-state index in [2.05, 4.69) is 5.32 Å². The van der Waals surface area contributed by atoms with E-state index < -0.39 is 42.3 Å². The summed E-state index contributed by atoms with van der Waals surface area (Å²) in [6.07, 6.45) is -0.430. The zero-order valence-electron chi connectivity index (χ0n) is 20.3. The molecule has 12 heteroatoms. The highest BCUT2D eigenvalue weighted by molar-refractivity contribution is 6.00. The second-order valence-corrected chi connectivity index (χ2v) is 8.77. The van der Waals surface area contributed by atoms with E-state index in [1.165, 1.54) is 0 Å². The van der Waals surface area contributed by atoms with Crippen LogP contribution in [0.3, 0.4) is 0 Å². The smallest absolute Gasteiger partial charge is 0.308 e. The minimum atomic E-state index is -0.732. The molecule has 2 atom stereocenters. The molecule has 4 amide bonds. The van der Waals surface area contributed by atoms with Gasteiger partial charge in [-0.25, -0.2) is 4.90 Å². The Balaban J connectivity index is 1.40. The van der Waals surface area contributed by atoms with Crippen LogP contribution in [0.4, 0.5) is 0 Å². The van der Waals surface area contributed by atoms with Crippen molar-refractivity contribution in [1.82, 2.24) is 20.0 Å². The van der Waals surface area contributed by atoms with Gasteiger partial charge in [0.25, 0.3) is 0 Å². The summed E-state index contributed by atoms with van der Waals surface area (Å²) in [6, 6.07) is 8.53. The molecule has 0 bridgehead atoms. The Bertz CT molecular complexity index is 981. The van der Waals surface area contributed by atoms with Crippen LogP contribution in [0.25, 0.3) is 0 Å². The van der Waals surface area contributed by atoms with Gasteiger partial charge < -0.3 is 9.47 Å². The van der Waals surface area contributed by atoms with Crippen LogP contribution < -0.4 is 5.32 Å². The Morgan fingerprint density at radius 2 is 1.31 bits per heavy atom. The van der Waals surface area contributed by atoms with Crippen LogP contribution >= 0.6 is 0 Å². The molecular weight excluding hydrogens is 472 g/mol. The van der Waals surface area contributed by atoms with Crippen LogP contribution in [-0.4, -0.2) is 95.3 Å². The van der Waals surface area contributed by atoms with Crippen molar-refractivity contribution in [1.29, 1.82) is 0 Å². The van der Waals surface area contributed by atoms with Crippen molar-refractivity contribution in [2.75, 3.05) is 32.9 Å². The second kappa shape index (κ2) is 12.4. The maximum atomic E-state index is 12.6. The van der Waals surface area contributed by atoms with E-state index in [1.54, 1.807) is 9.80 Å². The average Bonchev–Trinajstić information content (AvgIpc) is 2.84. The Morgan fingerprint density at radius 3 is 1.86 bits per heavy atom. The summed E-state index contributed by atoms with van der Waals surface area (Å²) in [5, 5.41) is 2.24. The molecule has 2 aliphatic rings. The third-order valence-corrected chi connectivity index (χ3v) is 6.23. The first-order chi connectivity index (χ1) is 17.1.